The van der Waals surface area contributed by atoms with E-state index >= 15 is 0 Å². The minimum atomic E-state index is -0.168. The summed E-state index contributed by atoms with van der Waals surface area (Å²) in [6.07, 6.45) is 4.13. The van der Waals surface area contributed by atoms with Gasteiger partial charge in [-0.15, -0.1) is 11.3 Å². The second kappa shape index (κ2) is 6.23. The molecule has 6 heteroatoms. The van der Waals surface area contributed by atoms with Crippen molar-refractivity contribution in [2.75, 3.05) is 6.54 Å². The molecule has 94 valence electrons. The molecule has 18 heavy (non-hydrogen) atoms. The SMILES string of the molecule is NCCc1nc(C(=O)NCc2cccnc2)cs1. The summed E-state index contributed by atoms with van der Waals surface area (Å²) in [6.45, 7) is 1.00. The van der Waals surface area contributed by atoms with Gasteiger partial charge in [0.2, 0.25) is 0 Å². The molecule has 0 saturated carbocycles. The molecule has 0 bridgehead atoms. The van der Waals surface area contributed by atoms with Gasteiger partial charge >= 0.3 is 0 Å². The molecule has 0 saturated heterocycles. The van der Waals surface area contributed by atoms with Crippen molar-refractivity contribution in [3.63, 3.8) is 0 Å². The van der Waals surface area contributed by atoms with E-state index in [1.165, 1.54) is 11.3 Å². The van der Waals surface area contributed by atoms with Crippen molar-refractivity contribution in [3.8, 4) is 0 Å². The molecule has 0 radical (unpaired) electrons. The number of carbonyl (C=O) groups excluding carboxylic acids is 1. The number of thiazole rings is 1. The average molecular weight is 262 g/mol. The Morgan fingerprint density at radius 1 is 1.50 bits per heavy atom. The first-order valence-corrected chi connectivity index (χ1v) is 6.49. The summed E-state index contributed by atoms with van der Waals surface area (Å²) in [7, 11) is 0. The maximum atomic E-state index is 11.8. The van der Waals surface area contributed by atoms with E-state index in [2.05, 4.69) is 15.3 Å². The third kappa shape index (κ3) is 3.35. The van der Waals surface area contributed by atoms with E-state index in [-0.39, 0.29) is 5.91 Å². The number of aromatic nitrogens is 2. The van der Waals surface area contributed by atoms with Crippen molar-refractivity contribution in [3.05, 3.63) is 46.2 Å². The van der Waals surface area contributed by atoms with Crippen LogP contribution in [0.2, 0.25) is 0 Å². The van der Waals surface area contributed by atoms with Gasteiger partial charge in [-0.05, 0) is 18.2 Å². The van der Waals surface area contributed by atoms with Crippen LogP contribution in [0, 0.1) is 0 Å². The van der Waals surface area contributed by atoms with Gasteiger partial charge in [0.05, 0.1) is 5.01 Å². The van der Waals surface area contributed by atoms with Crippen molar-refractivity contribution < 1.29 is 4.79 Å². The number of amides is 1. The van der Waals surface area contributed by atoms with Crippen LogP contribution < -0.4 is 11.1 Å². The second-order valence-corrected chi connectivity index (χ2v) is 4.65. The highest BCUT2D eigenvalue weighted by Crippen LogP contribution is 2.10. The predicted molar refractivity (Wildman–Crippen MR) is 70.3 cm³/mol. The van der Waals surface area contributed by atoms with Crippen LogP contribution in [0.25, 0.3) is 0 Å². The van der Waals surface area contributed by atoms with Gasteiger partial charge in [0.15, 0.2) is 0 Å². The highest BCUT2D eigenvalue weighted by Gasteiger charge is 2.09. The Balaban J connectivity index is 1.91. The summed E-state index contributed by atoms with van der Waals surface area (Å²) < 4.78 is 0. The highest BCUT2D eigenvalue weighted by molar-refractivity contribution is 7.09. The van der Waals surface area contributed by atoms with Crippen molar-refractivity contribution in [2.45, 2.75) is 13.0 Å². The molecule has 2 aromatic rings. The van der Waals surface area contributed by atoms with E-state index < -0.39 is 0 Å². The molecular weight excluding hydrogens is 248 g/mol. The van der Waals surface area contributed by atoms with Gasteiger partial charge in [-0.25, -0.2) is 4.98 Å². The minimum Gasteiger partial charge on any atom is -0.347 e. The normalized spacial score (nSPS) is 10.3. The number of nitrogens with one attached hydrogen (secondary N) is 1. The molecule has 0 fully saturated rings. The fourth-order valence-corrected chi connectivity index (χ4v) is 2.22. The number of nitrogens with two attached hydrogens (primary N) is 1. The van der Waals surface area contributed by atoms with Gasteiger partial charge in [-0.2, -0.15) is 0 Å². The molecule has 2 heterocycles. The Morgan fingerprint density at radius 2 is 2.39 bits per heavy atom. The summed E-state index contributed by atoms with van der Waals surface area (Å²) in [5.41, 5.74) is 6.85. The lowest BCUT2D eigenvalue weighted by atomic mass is 10.3. The third-order valence-electron chi connectivity index (χ3n) is 2.32. The van der Waals surface area contributed by atoms with Crippen molar-refractivity contribution in [1.82, 2.24) is 15.3 Å². The number of hydrogen-bond donors (Lipinski definition) is 2. The molecule has 0 aromatic carbocycles. The zero-order valence-electron chi connectivity index (χ0n) is 9.80. The van der Waals surface area contributed by atoms with Gasteiger partial charge in [0.1, 0.15) is 5.69 Å². The Morgan fingerprint density at radius 3 is 3.11 bits per heavy atom. The van der Waals surface area contributed by atoms with E-state index in [0.29, 0.717) is 25.2 Å². The number of hydrogen-bond acceptors (Lipinski definition) is 5. The second-order valence-electron chi connectivity index (χ2n) is 3.71. The maximum Gasteiger partial charge on any atom is 0.271 e. The Kier molecular flexibility index (Phi) is 4.38. The third-order valence-corrected chi connectivity index (χ3v) is 3.23. The smallest absolute Gasteiger partial charge is 0.271 e. The molecule has 0 unspecified atom stereocenters. The number of nitrogens with zero attached hydrogens (tertiary/aromatic N) is 2. The first-order valence-electron chi connectivity index (χ1n) is 5.61. The topological polar surface area (TPSA) is 80.9 Å². The van der Waals surface area contributed by atoms with E-state index in [0.717, 1.165) is 10.6 Å². The highest BCUT2D eigenvalue weighted by atomic mass is 32.1. The first-order chi connectivity index (χ1) is 8.79. The lowest BCUT2D eigenvalue weighted by Crippen LogP contribution is -2.23. The Bertz CT molecular complexity index is 512. The monoisotopic (exact) mass is 262 g/mol. The summed E-state index contributed by atoms with van der Waals surface area (Å²) in [5, 5.41) is 5.45. The molecule has 0 aliphatic rings. The summed E-state index contributed by atoms with van der Waals surface area (Å²) in [5.74, 6) is -0.168. The molecule has 0 aliphatic carbocycles. The van der Waals surface area contributed by atoms with Crippen LogP contribution in [0.3, 0.4) is 0 Å². The first kappa shape index (κ1) is 12.7. The molecule has 2 rings (SSSR count). The van der Waals surface area contributed by atoms with Crippen LogP contribution in [0.4, 0.5) is 0 Å². The Hall–Kier alpha value is -1.79. The average Bonchev–Trinajstić information content (AvgIpc) is 2.86. The predicted octanol–water partition coefficient (Wildman–Crippen LogP) is 0.969. The van der Waals surface area contributed by atoms with Crippen molar-refractivity contribution in [1.29, 1.82) is 0 Å². The molecule has 3 N–H and O–H groups in total. The van der Waals surface area contributed by atoms with Gasteiger partial charge in [0, 0.05) is 30.7 Å². The molecule has 2 aromatic heterocycles. The van der Waals surface area contributed by atoms with Crippen LogP contribution in [0.15, 0.2) is 29.9 Å². The maximum absolute atomic E-state index is 11.8. The van der Waals surface area contributed by atoms with E-state index in [9.17, 15) is 4.79 Å². The molecule has 0 aliphatic heterocycles. The quantitative estimate of drug-likeness (QED) is 0.841. The molecule has 1 amide bonds. The molecule has 0 spiro atoms. The van der Waals surface area contributed by atoms with Crippen molar-refractivity contribution in [2.24, 2.45) is 5.73 Å². The number of carbonyl (C=O) groups is 1. The van der Waals surface area contributed by atoms with Gasteiger partial charge in [0.25, 0.3) is 5.91 Å². The number of rotatable bonds is 5. The summed E-state index contributed by atoms with van der Waals surface area (Å²) >= 11 is 1.46. The molecular formula is C12H14N4OS. The van der Waals surface area contributed by atoms with Gasteiger partial charge in [-0.3, -0.25) is 9.78 Å². The lowest BCUT2D eigenvalue weighted by Gasteiger charge is -2.02. The van der Waals surface area contributed by atoms with Crippen molar-refractivity contribution >= 4 is 17.2 Å². The van der Waals surface area contributed by atoms with Crippen LogP contribution in [0.1, 0.15) is 21.1 Å². The van der Waals surface area contributed by atoms with E-state index in [1.807, 2.05) is 12.1 Å². The largest absolute Gasteiger partial charge is 0.347 e. The Labute approximate surface area is 109 Å². The van der Waals surface area contributed by atoms with Crippen LogP contribution >= 0.6 is 11.3 Å². The summed E-state index contributed by atoms with van der Waals surface area (Å²) in [6, 6.07) is 3.75. The number of pyridine rings is 1. The molecule has 0 atom stereocenters. The lowest BCUT2D eigenvalue weighted by molar-refractivity contribution is 0.0946. The van der Waals surface area contributed by atoms with Crippen LogP contribution in [0.5, 0.6) is 0 Å². The zero-order chi connectivity index (χ0) is 12.8. The van der Waals surface area contributed by atoms with E-state index in [1.54, 1.807) is 17.8 Å². The standard InChI is InChI=1S/C12H14N4OS/c13-4-3-11-16-10(8-18-11)12(17)15-7-9-2-1-5-14-6-9/h1-2,5-6,8H,3-4,7,13H2,(H,15,17). The fraction of sp³-hybridized carbons (Fsp3) is 0.250. The zero-order valence-corrected chi connectivity index (χ0v) is 10.6. The fourth-order valence-electron chi connectivity index (χ4n) is 1.43. The van der Waals surface area contributed by atoms with Crippen LogP contribution in [-0.2, 0) is 13.0 Å². The molecule has 5 nitrogen and oxygen atoms in total. The minimum absolute atomic E-state index is 0.168. The van der Waals surface area contributed by atoms with Gasteiger partial charge < -0.3 is 11.1 Å². The summed E-state index contributed by atoms with van der Waals surface area (Å²) in [4.78, 5) is 20.0. The van der Waals surface area contributed by atoms with E-state index in [4.69, 9.17) is 5.73 Å². The van der Waals surface area contributed by atoms with Gasteiger partial charge in [-0.1, -0.05) is 6.07 Å². The van der Waals surface area contributed by atoms with Crippen LogP contribution in [-0.4, -0.2) is 22.4 Å².